The number of nitrogens with zero attached hydrogens (tertiary/aromatic N) is 1. The lowest BCUT2D eigenvalue weighted by Crippen LogP contribution is -2.38. The van der Waals surface area contributed by atoms with Crippen LogP contribution >= 0.6 is 0 Å². The predicted molar refractivity (Wildman–Crippen MR) is 91.7 cm³/mol. The number of nitrogens with two attached hydrogens (primary N) is 1. The van der Waals surface area contributed by atoms with Crippen molar-refractivity contribution < 1.29 is 13.2 Å². The number of ether oxygens (including phenoxy) is 1. The summed E-state index contributed by atoms with van der Waals surface area (Å²) in [7, 11) is -3.65. The molecule has 8 heteroatoms. The summed E-state index contributed by atoms with van der Waals surface area (Å²) in [5.74, 6) is 0.722. The molecule has 0 aromatic heterocycles. The zero-order valence-corrected chi connectivity index (χ0v) is 14.5. The largest absolute Gasteiger partial charge is 0.382 e. The highest BCUT2D eigenvalue weighted by Gasteiger charge is 2.06. The van der Waals surface area contributed by atoms with E-state index in [0.29, 0.717) is 6.54 Å². The van der Waals surface area contributed by atoms with E-state index in [-0.39, 0.29) is 4.90 Å². The number of benzene rings is 1. The van der Waals surface area contributed by atoms with Gasteiger partial charge in [0.1, 0.15) is 0 Å². The van der Waals surface area contributed by atoms with Crippen molar-refractivity contribution in [2.75, 3.05) is 26.3 Å². The summed E-state index contributed by atoms with van der Waals surface area (Å²) in [5, 5.41) is 11.5. The molecule has 1 aromatic carbocycles. The van der Waals surface area contributed by atoms with Gasteiger partial charge in [0.15, 0.2) is 5.96 Å². The average molecular weight is 342 g/mol. The summed E-state index contributed by atoms with van der Waals surface area (Å²) < 4.78 is 27.7. The zero-order chi connectivity index (χ0) is 17.1. The van der Waals surface area contributed by atoms with Gasteiger partial charge in [0, 0.05) is 26.3 Å². The quantitative estimate of drug-likeness (QED) is 0.350. The van der Waals surface area contributed by atoms with Crippen LogP contribution in [0.4, 0.5) is 0 Å². The molecular formula is C15H26N4O3S. The van der Waals surface area contributed by atoms with Crippen LogP contribution in [0.1, 0.15) is 25.8 Å². The van der Waals surface area contributed by atoms with Crippen LogP contribution in [0.5, 0.6) is 0 Å². The molecule has 0 saturated carbocycles. The van der Waals surface area contributed by atoms with Crippen molar-refractivity contribution in [3.8, 4) is 0 Å². The van der Waals surface area contributed by atoms with Crippen LogP contribution in [-0.2, 0) is 21.3 Å². The van der Waals surface area contributed by atoms with E-state index in [1.54, 1.807) is 12.1 Å². The summed E-state index contributed by atoms with van der Waals surface area (Å²) in [6.45, 7) is 7.41. The highest BCUT2D eigenvalue weighted by atomic mass is 32.2. The first-order valence-corrected chi connectivity index (χ1v) is 9.23. The summed E-state index contributed by atoms with van der Waals surface area (Å²) in [6, 6.07) is 6.40. The molecule has 1 aromatic rings. The molecule has 7 nitrogen and oxygen atoms in total. The molecule has 0 fully saturated rings. The molecule has 4 N–H and O–H groups in total. The van der Waals surface area contributed by atoms with Gasteiger partial charge in [-0.1, -0.05) is 12.1 Å². The fraction of sp³-hybridized carbons (Fsp3) is 0.533. The lowest BCUT2D eigenvalue weighted by molar-refractivity contribution is 0.145. The zero-order valence-electron chi connectivity index (χ0n) is 13.7. The highest BCUT2D eigenvalue weighted by Crippen LogP contribution is 2.09. The lowest BCUT2D eigenvalue weighted by atomic mass is 10.2. The smallest absolute Gasteiger partial charge is 0.238 e. The van der Waals surface area contributed by atoms with E-state index in [9.17, 15) is 8.42 Å². The molecule has 1 rings (SSSR count). The van der Waals surface area contributed by atoms with Crippen molar-refractivity contribution in [2.24, 2.45) is 10.1 Å². The third kappa shape index (κ3) is 7.96. The minimum atomic E-state index is -3.65. The fourth-order valence-corrected chi connectivity index (χ4v) is 2.34. The molecule has 0 aliphatic rings. The van der Waals surface area contributed by atoms with Gasteiger partial charge < -0.3 is 15.4 Å². The Bertz CT molecular complexity index is 585. The normalized spacial score (nSPS) is 12.2. The Morgan fingerprint density at radius 1 is 1.22 bits per heavy atom. The van der Waals surface area contributed by atoms with Gasteiger partial charge in [-0.15, -0.1) is 0 Å². The number of aliphatic imine (C=N–C) groups is 1. The van der Waals surface area contributed by atoms with Gasteiger partial charge in [0.2, 0.25) is 10.0 Å². The van der Waals surface area contributed by atoms with Gasteiger partial charge in [-0.05, 0) is 38.0 Å². The molecule has 0 unspecified atom stereocenters. The Balaban J connectivity index is 2.55. The second-order valence-electron chi connectivity index (χ2n) is 4.86. The molecule has 0 amide bonds. The molecule has 130 valence electrons. The first-order valence-electron chi connectivity index (χ1n) is 7.69. The van der Waals surface area contributed by atoms with Gasteiger partial charge >= 0.3 is 0 Å². The number of rotatable bonds is 9. The van der Waals surface area contributed by atoms with Crippen LogP contribution in [0, 0.1) is 0 Å². The van der Waals surface area contributed by atoms with Crippen molar-refractivity contribution in [3.63, 3.8) is 0 Å². The van der Waals surface area contributed by atoms with E-state index in [2.05, 4.69) is 15.6 Å². The molecular weight excluding hydrogens is 316 g/mol. The fourth-order valence-electron chi connectivity index (χ4n) is 1.82. The minimum absolute atomic E-state index is 0.103. The van der Waals surface area contributed by atoms with Gasteiger partial charge in [0.05, 0.1) is 11.4 Å². The number of hydrogen-bond acceptors (Lipinski definition) is 4. The van der Waals surface area contributed by atoms with E-state index in [4.69, 9.17) is 9.88 Å². The number of hydrogen-bond donors (Lipinski definition) is 3. The van der Waals surface area contributed by atoms with E-state index in [1.165, 1.54) is 12.1 Å². The Hall–Kier alpha value is -1.64. The van der Waals surface area contributed by atoms with E-state index < -0.39 is 10.0 Å². The maximum atomic E-state index is 11.2. The third-order valence-corrected chi connectivity index (χ3v) is 3.91. The molecule has 0 bridgehead atoms. The molecule has 0 aliphatic carbocycles. The van der Waals surface area contributed by atoms with Crippen LogP contribution in [0.15, 0.2) is 34.2 Å². The Morgan fingerprint density at radius 2 is 1.91 bits per heavy atom. The number of guanidine groups is 1. The first-order chi connectivity index (χ1) is 11.0. The first kappa shape index (κ1) is 19.4. The molecule has 0 radical (unpaired) electrons. The Morgan fingerprint density at radius 3 is 2.48 bits per heavy atom. The van der Waals surface area contributed by atoms with Gasteiger partial charge in [-0.3, -0.25) is 0 Å². The third-order valence-electron chi connectivity index (χ3n) is 2.98. The van der Waals surface area contributed by atoms with E-state index in [1.807, 2.05) is 13.8 Å². The highest BCUT2D eigenvalue weighted by molar-refractivity contribution is 7.89. The maximum absolute atomic E-state index is 11.2. The van der Waals surface area contributed by atoms with Gasteiger partial charge in [-0.25, -0.2) is 18.5 Å². The molecule has 0 aliphatic heterocycles. The van der Waals surface area contributed by atoms with Crippen molar-refractivity contribution in [1.82, 2.24) is 10.6 Å². The summed E-state index contributed by atoms with van der Waals surface area (Å²) >= 11 is 0. The van der Waals surface area contributed by atoms with Crippen LogP contribution < -0.4 is 15.8 Å². The van der Waals surface area contributed by atoms with Gasteiger partial charge in [-0.2, -0.15) is 0 Å². The maximum Gasteiger partial charge on any atom is 0.238 e. The van der Waals surface area contributed by atoms with Gasteiger partial charge in [0.25, 0.3) is 0 Å². The van der Waals surface area contributed by atoms with Crippen molar-refractivity contribution in [1.29, 1.82) is 0 Å². The SMILES string of the molecule is CCNC(=NCc1ccc(S(N)(=O)=O)cc1)NCCCOCC. The molecule has 23 heavy (non-hydrogen) atoms. The second-order valence-corrected chi connectivity index (χ2v) is 6.42. The average Bonchev–Trinajstić information content (AvgIpc) is 2.52. The van der Waals surface area contributed by atoms with Crippen molar-refractivity contribution in [2.45, 2.75) is 31.7 Å². The van der Waals surface area contributed by atoms with Crippen molar-refractivity contribution >= 4 is 16.0 Å². The molecule has 0 saturated heterocycles. The Kier molecular flexibility index (Phi) is 8.60. The Labute approximate surface area is 138 Å². The lowest BCUT2D eigenvalue weighted by Gasteiger charge is -2.11. The molecule has 0 heterocycles. The number of primary sulfonamides is 1. The number of nitrogens with one attached hydrogen (secondary N) is 2. The number of sulfonamides is 1. The molecule has 0 atom stereocenters. The monoisotopic (exact) mass is 342 g/mol. The summed E-state index contributed by atoms with van der Waals surface area (Å²) in [6.07, 6.45) is 0.904. The molecule has 0 spiro atoms. The summed E-state index contributed by atoms with van der Waals surface area (Å²) in [4.78, 5) is 4.57. The van der Waals surface area contributed by atoms with Crippen molar-refractivity contribution in [3.05, 3.63) is 29.8 Å². The topological polar surface area (TPSA) is 106 Å². The standard InChI is InChI=1S/C15H26N4O3S/c1-3-17-15(18-10-5-11-22-4-2)19-12-13-6-8-14(9-7-13)23(16,20)21/h6-9H,3-5,10-12H2,1-2H3,(H2,16,20,21)(H2,17,18,19). The summed E-state index contributed by atoms with van der Waals surface area (Å²) in [5.41, 5.74) is 0.906. The van der Waals surface area contributed by atoms with Crippen LogP contribution in [0.3, 0.4) is 0 Å². The van der Waals surface area contributed by atoms with E-state index in [0.717, 1.165) is 44.2 Å². The predicted octanol–water partition coefficient (Wildman–Crippen LogP) is 0.816. The minimum Gasteiger partial charge on any atom is -0.382 e. The van der Waals surface area contributed by atoms with Crippen LogP contribution in [0.25, 0.3) is 0 Å². The van der Waals surface area contributed by atoms with Crippen LogP contribution in [-0.4, -0.2) is 40.7 Å². The van der Waals surface area contributed by atoms with Crippen LogP contribution in [0.2, 0.25) is 0 Å². The second kappa shape index (κ2) is 10.2. The van der Waals surface area contributed by atoms with E-state index >= 15 is 0 Å².